The van der Waals surface area contributed by atoms with Crippen LogP contribution in [0.5, 0.6) is 0 Å². The van der Waals surface area contributed by atoms with E-state index in [0.717, 1.165) is 22.6 Å². The van der Waals surface area contributed by atoms with Gasteiger partial charge in [-0.3, -0.25) is 0 Å². The SMILES string of the molecule is CC1(C)c2ccccc2-c2ccc(N(c3ccccc3)c3cc4c(cc3-c3ccc(C#N)cc3)C(C)(C)C(C)(C)C4(C)C)cc21. The Morgan fingerprint density at radius 3 is 1.78 bits per heavy atom. The summed E-state index contributed by atoms with van der Waals surface area (Å²) < 4.78 is 0. The molecular formula is C43H42N2. The molecule has 0 spiro atoms. The Morgan fingerprint density at radius 1 is 0.511 bits per heavy atom. The van der Waals surface area contributed by atoms with Crippen LogP contribution in [0.15, 0.2) is 109 Å². The molecule has 0 amide bonds. The first-order chi connectivity index (χ1) is 21.3. The Labute approximate surface area is 269 Å². The van der Waals surface area contributed by atoms with Crippen LogP contribution in [0.25, 0.3) is 22.3 Å². The number of rotatable bonds is 4. The van der Waals surface area contributed by atoms with E-state index < -0.39 is 0 Å². The van der Waals surface area contributed by atoms with Crippen LogP contribution in [0, 0.1) is 16.7 Å². The molecule has 2 heteroatoms. The average molecular weight is 587 g/mol. The third kappa shape index (κ3) is 4.00. The van der Waals surface area contributed by atoms with Crippen LogP contribution < -0.4 is 4.90 Å². The third-order valence-corrected chi connectivity index (χ3v) is 12.0. The van der Waals surface area contributed by atoms with Crippen molar-refractivity contribution in [2.45, 2.75) is 71.6 Å². The van der Waals surface area contributed by atoms with Gasteiger partial charge in [0.15, 0.2) is 0 Å². The summed E-state index contributed by atoms with van der Waals surface area (Å²) in [5.74, 6) is 0. The molecule has 0 heterocycles. The fraction of sp³-hybridized carbons (Fsp3) is 0.279. The second kappa shape index (κ2) is 9.69. The molecule has 0 atom stereocenters. The number of fused-ring (bicyclic) bond motifs is 4. The van der Waals surface area contributed by atoms with Crippen molar-refractivity contribution in [2.75, 3.05) is 4.90 Å². The number of nitriles is 1. The maximum absolute atomic E-state index is 9.58. The van der Waals surface area contributed by atoms with Crippen molar-refractivity contribution in [3.8, 4) is 28.3 Å². The highest BCUT2D eigenvalue weighted by Gasteiger charge is 2.57. The highest BCUT2D eigenvalue weighted by Crippen LogP contribution is 2.63. The molecule has 2 aliphatic rings. The standard InChI is InChI=1S/C43H42N2/c1-40(2)35-17-13-12-16-32(35)33-23-22-31(24-36(33)40)45(30-14-10-9-11-15-30)39-26-38-37(41(3,4)43(7,8)42(38,5)6)25-34(39)29-20-18-28(27-44)19-21-29/h9-26H,1-8H3. The Morgan fingerprint density at radius 2 is 1.11 bits per heavy atom. The van der Waals surface area contributed by atoms with E-state index in [9.17, 15) is 5.26 Å². The van der Waals surface area contributed by atoms with Crippen LogP contribution in [-0.4, -0.2) is 0 Å². The Balaban J connectivity index is 1.53. The summed E-state index contributed by atoms with van der Waals surface area (Å²) in [4.78, 5) is 2.45. The number of anilines is 3. The molecular weight excluding hydrogens is 544 g/mol. The summed E-state index contributed by atoms with van der Waals surface area (Å²) >= 11 is 0. The maximum atomic E-state index is 9.58. The van der Waals surface area contributed by atoms with Crippen LogP contribution in [0.2, 0.25) is 0 Å². The average Bonchev–Trinajstić information content (AvgIpc) is 3.32. The minimum atomic E-state index is -0.103. The molecule has 2 aliphatic carbocycles. The van der Waals surface area contributed by atoms with Crippen LogP contribution in [-0.2, 0) is 16.2 Å². The number of para-hydroxylation sites is 1. The normalized spacial score (nSPS) is 17.6. The van der Waals surface area contributed by atoms with Crippen molar-refractivity contribution in [1.82, 2.24) is 0 Å². The van der Waals surface area contributed by atoms with E-state index in [0.29, 0.717) is 5.56 Å². The van der Waals surface area contributed by atoms with Gasteiger partial charge in [-0.2, -0.15) is 5.26 Å². The zero-order chi connectivity index (χ0) is 31.9. The summed E-state index contributed by atoms with van der Waals surface area (Å²) in [5, 5.41) is 9.58. The monoisotopic (exact) mass is 586 g/mol. The number of hydrogen-bond acceptors (Lipinski definition) is 2. The molecule has 5 aromatic carbocycles. The van der Waals surface area contributed by atoms with E-state index in [1.54, 1.807) is 0 Å². The van der Waals surface area contributed by atoms with Gasteiger partial charge in [0.2, 0.25) is 0 Å². The summed E-state index contributed by atoms with van der Waals surface area (Å²) in [5.41, 5.74) is 14.4. The first kappa shape index (κ1) is 29.1. The van der Waals surface area contributed by atoms with Crippen molar-refractivity contribution in [1.29, 1.82) is 5.26 Å². The molecule has 0 aromatic heterocycles. The van der Waals surface area contributed by atoms with E-state index in [1.165, 1.54) is 38.9 Å². The van der Waals surface area contributed by atoms with Crippen molar-refractivity contribution >= 4 is 17.1 Å². The summed E-state index contributed by atoms with van der Waals surface area (Å²) in [7, 11) is 0. The zero-order valence-corrected chi connectivity index (χ0v) is 27.8. The summed E-state index contributed by atoms with van der Waals surface area (Å²) in [6.07, 6.45) is 0. The highest BCUT2D eigenvalue weighted by molar-refractivity contribution is 5.91. The van der Waals surface area contributed by atoms with Crippen LogP contribution >= 0.6 is 0 Å². The molecule has 5 aromatic rings. The van der Waals surface area contributed by atoms with Crippen molar-refractivity contribution in [2.24, 2.45) is 5.41 Å². The van der Waals surface area contributed by atoms with Gasteiger partial charge in [-0.05, 0) is 104 Å². The zero-order valence-electron chi connectivity index (χ0n) is 27.8. The van der Waals surface area contributed by atoms with E-state index in [2.05, 4.69) is 163 Å². The highest BCUT2D eigenvalue weighted by atomic mass is 15.1. The minimum absolute atomic E-state index is 0.0316. The third-order valence-electron chi connectivity index (χ3n) is 12.0. The Hall–Kier alpha value is -4.61. The van der Waals surface area contributed by atoms with Gasteiger partial charge < -0.3 is 4.90 Å². The summed E-state index contributed by atoms with van der Waals surface area (Å²) in [6, 6.07) is 41.9. The van der Waals surface area contributed by atoms with Gasteiger partial charge in [-0.1, -0.05) is 116 Å². The van der Waals surface area contributed by atoms with Gasteiger partial charge in [0.05, 0.1) is 17.3 Å². The summed E-state index contributed by atoms with van der Waals surface area (Å²) in [6.45, 7) is 19.2. The predicted molar refractivity (Wildman–Crippen MR) is 189 cm³/mol. The molecule has 0 fully saturated rings. The number of nitrogens with zero attached hydrogens (tertiary/aromatic N) is 2. The van der Waals surface area contributed by atoms with Gasteiger partial charge in [0.1, 0.15) is 0 Å². The predicted octanol–water partition coefficient (Wildman–Crippen LogP) is 11.6. The molecule has 7 rings (SSSR count). The Kier molecular flexibility index (Phi) is 6.27. The molecule has 0 aliphatic heterocycles. The molecule has 0 unspecified atom stereocenters. The number of benzene rings is 5. The molecule has 224 valence electrons. The molecule has 0 saturated heterocycles. The van der Waals surface area contributed by atoms with E-state index in [1.807, 2.05) is 12.1 Å². The quantitative estimate of drug-likeness (QED) is 0.209. The van der Waals surface area contributed by atoms with Gasteiger partial charge in [-0.25, -0.2) is 0 Å². The molecule has 0 saturated carbocycles. The van der Waals surface area contributed by atoms with E-state index in [-0.39, 0.29) is 21.7 Å². The van der Waals surface area contributed by atoms with Gasteiger partial charge in [0.25, 0.3) is 0 Å². The topological polar surface area (TPSA) is 27.0 Å². The smallest absolute Gasteiger partial charge is 0.0991 e. The fourth-order valence-corrected chi connectivity index (χ4v) is 8.05. The van der Waals surface area contributed by atoms with Crippen molar-refractivity contribution in [3.63, 3.8) is 0 Å². The second-order valence-corrected chi connectivity index (χ2v) is 15.1. The van der Waals surface area contributed by atoms with Crippen LogP contribution in [0.4, 0.5) is 17.1 Å². The fourth-order valence-electron chi connectivity index (χ4n) is 8.05. The maximum Gasteiger partial charge on any atom is 0.0991 e. The first-order valence-corrected chi connectivity index (χ1v) is 16.1. The van der Waals surface area contributed by atoms with E-state index in [4.69, 9.17) is 0 Å². The second-order valence-electron chi connectivity index (χ2n) is 15.1. The lowest BCUT2D eigenvalue weighted by atomic mass is 9.59. The van der Waals surface area contributed by atoms with E-state index >= 15 is 0 Å². The molecule has 0 bridgehead atoms. The van der Waals surface area contributed by atoms with Gasteiger partial charge >= 0.3 is 0 Å². The van der Waals surface area contributed by atoms with Crippen LogP contribution in [0.1, 0.15) is 83.2 Å². The molecule has 0 N–H and O–H groups in total. The molecule has 45 heavy (non-hydrogen) atoms. The molecule has 2 nitrogen and oxygen atoms in total. The van der Waals surface area contributed by atoms with Crippen LogP contribution in [0.3, 0.4) is 0 Å². The largest absolute Gasteiger partial charge is 0.310 e. The Bertz CT molecular complexity index is 2000. The molecule has 0 radical (unpaired) electrons. The lowest BCUT2D eigenvalue weighted by Gasteiger charge is -2.44. The first-order valence-electron chi connectivity index (χ1n) is 16.1. The van der Waals surface area contributed by atoms with Crippen molar-refractivity contribution < 1.29 is 0 Å². The lowest BCUT2D eigenvalue weighted by Crippen LogP contribution is -2.42. The van der Waals surface area contributed by atoms with Crippen molar-refractivity contribution in [3.05, 3.63) is 137 Å². The van der Waals surface area contributed by atoms with Gasteiger partial charge in [0, 0.05) is 22.4 Å². The van der Waals surface area contributed by atoms with Gasteiger partial charge in [-0.15, -0.1) is 0 Å². The number of hydrogen-bond donors (Lipinski definition) is 0. The lowest BCUT2D eigenvalue weighted by molar-refractivity contribution is 0.125. The minimum Gasteiger partial charge on any atom is -0.310 e.